The Labute approximate surface area is 104 Å². The smallest absolute Gasteiger partial charge is 0.231 e. The van der Waals surface area contributed by atoms with Gasteiger partial charge in [-0.3, -0.25) is 0 Å². The van der Waals surface area contributed by atoms with E-state index < -0.39 is 0 Å². The van der Waals surface area contributed by atoms with E-state index >= 15 is 0 Å². The van der Waals surface area contributed by atoms with E-state index in [0.717, 1.165) is 17.1 Å². The van der Waals surface area contributed by atoms with E-state index in [2.05, 4.69) is 22.9 Å². The summed E-state index contributed by atoms with van der Waals surface area (Å²) in [7, 11) is 0. The predicted molar refractivity (Wildman–Crippen MR) is 65.3 cm³/mol. The van der Waals surface area contributed by atoms with Crippen LogP contribution < -0.4 is 9.47 Å². The van der Waals surface area contributed by atoms with Gasteiger partial charge in [0.2, 0.25) is 6.79 Å². The molecule has 0 aromatic heterocycles. The highest BCUT2D eigenvalue weighted by molar-refractivity contribution is 9.09. The lowest BCUT2D eigenvalue weighted by atomic mass is 10.1. The lowest BCUT2D eigenvalue weighted by molar-refractivity contribution is 0.0650. The summed E-state index contributed by atoms with van der Waals surface area (Å²) in [4.78, 5) is 0.257. The zero-order chi connectivity index (χ0) is 11.5. The number of hydrogen-bond donors (Lipinski definition) is 0. The van der Waals surface area contributed by atoms with Crippen LogP contribution in [0.3, 0.4) is 0 Å². The second kappa shape index (κ2) is 5.06. The van der Waals surface area contributed by atoms with Crippen molar-refractivity contribution >= 4 is 15.9 Å². The highest BCUT2D eigenvalue weighted by atomic mass is 79.9. The number of fused-ring (bicyclic) bond motifs is 1. The standard InChI is InChI=1S/C12H15BrO3/c1-3-14-12(8(2)13)9-4-5-10-11(6-9)16-7-15-10/h4-6,8,12H,3,7H2,1-2H3. The van der Waals surface area contributed by atoms with Gasteiger partial charge in [-0.25, -0.2) is 0 Å². The first kappa shape index (κ1) is 11.7. The highest BCUT2D eigenvalue weighted by Gasteiger charge is 2.21. The molecule has 16 heavy (non-hydrogen) atoms. The molecule has 1 heterocycles. The van der Waals surface area contributed by atoms with Crippen LogP contribution in [-0.4, -0.2) is 18.2 Å². The Balaban J connectivity index is 2.24. The molecule has 0 amide bonds. The van der Waals surface area contributed by atoms with Gasteiger partial charge in [0.25, 0.3) is 0 Å². The minimum atomic E-state index is 0.0412. The maximum absolute atomic E-state index is 5.71. The molecule has 0 spiro atoms. The van der Waals surface area contributed by atoms with E-state index in [1.165, 1.54) is 0 Å². The second-order valence-corrected chi connectivity index (χ2v) is 5.11. The third-order valence-electron chi connectivity index (χ3n) is 2.49. The summed E-state index contributed by atoms with van der Waals surface area (Å²) >= 11 is 3.56. The molecule has 2 atom stereocenters. The van der Waals surface area contributed by atoms with Crippen LogP contribution in [0.25, 0.3) is 0 Å². The summed E-state index contributed by atoms with van der Waals surface area (Å²) in [6, 6.07) is 5.94. The van der Waals surface area contributed by atoms with Gasteiger partial charge in [-0.1, -0.05) is 22.0 Å². The normalized spacial score (nSPS) is 17.2. The monoisotopic (exact) mass is 286 g/mol. The Morgan fingerprint density at radius 3 is 2.81 bits per heavy atom. The molecule has 2 unspecified atom stereocenters. The Hall–Kier alpha value is -0.740. The van der Waals surface area contributed by atoms with Crippen LogP contribution >= 0.6 is 15.9 Å². The Bertz CT molecular complexity index is 365. The van der Waals surface area contributed by atoms with Crippen molar-refractivity contribution in [2.75, 3.05) is 13.4 Å². The van der Waals surface area contributed by atoms with E-state index in [9.17, 15) is 0 Å². The molecule has 3 nitrogen and oxygen atoms in total. The van der Waals surface area contributed by atoms with Gasteiger partial charge in [0.05, 0.1) is 6.10 Å². The summed E-state index contributed by atoms with van der Waals surface area (Å²) < 4.78 is 16.3. The summed E-state index contributed by atoms with van der Waals surface area (Å²) in [6.45, 7) is 5.07. The summed E-state index contributed by atoms with van der Waals surface area (Å²) in [5.41, 5.74) is 1.11. The van der Waals surface area contributed by atoms with E-state index in [1.54, 1.807) is 0 Å². The molecule has 4 heteroatoms. The molecule has 1 aliphatic heterocycles. The highest BCUT2D eigenvalue weighted by Crippen LogP contribution is 2.36. The molecule has 0 N–H and O–H groups in total. The molecule has 0 aliphatic carbocycles. The van der Waals surface area contributed by atoms with Gasteiger partial charge in [-0.15, -0.1) is 0 Å². The fourth-order valence-corrected chi connectivity index (χ4v) is 2.22. The SMILES string of the molecule is CCOC(c1ccc2c(c1)OCO2)C(C)Br. The lowest BCUT2D eigenvalue weighted by Crippen LogP contribution is -2.13. The van der Waals surface area contributed by atoms with E-state index in [4.69, 9.17) is 14.2 Å². The van der Waals surface area contributed by atoms with Crippen LogP contribution in [0.5, 0.6) is 11.5 Å². The zero-order valence-corrected chi connectivity index (χ0v) is 11.0. The third-order valence-corrected chi connectivity index (χ3v) is 2.97. The average molecular weight is 287 g/mol. The molecule has 2 rings (SSSR count). The van der Waals surface area contributed by atoms with Crippen molar-refractivity contribution in [2.45, 2.75) is 24.8 Å². The second-order valence-electron chi connectivity index (χ2n) is 3.67. The topological polar surface area (TPSA) is 27.7 Å². The van der Waals surface area contributed by atoms with Crippen LogP contribution in [0, 0.1) is 0 Å². The molecular weight excluding hydrogens is 272 g/mol. The Kier molecular flexibility index (Phi) is 3.71. The van der Waals surface area contributed by atoms with E-state index in [-0.39, 0.29) is 10.9 Å². The van der Waals surface area contributed by atoms with Crippen molar-refractivity contribution in [1.82, 2.24) is 0 Å². The maximum atomic E-state index is 5.71. The van der Waals surface area contributed by atoms with Crippen molar-refractivity contribution in [3.8, 4) is 11.5 Å². The minimum Gasteiger partial charge on any atom is -0.454 e. The minimum absolute atomic E-state index is 0.0412. The number of rotatable bonds is 4. The first-order valence-corrected chi connectivity index (χ1v) is 6.29. The quantitative estimate of drug-likeness (QED) is 0.795. The molecule has 1 aromatic carbocycles. The molecule has 0 fully saturated rings. The average Bonchev–Trinajstić information content (AvgIpc) is 2.72. The van der Waals surface area contributed by atoms with Crippen molar-refractivity contribution < 1.29 is 14.2 Å². The molecule has 1 aliphatic rings. The van der Waals surface area contributed by atoms with Crippen LogP contribution in [0.4, 0.5) is 0 Å². The lowest BCUT2D eigenvalue weighted by Gasteiger charge is -2.20. The van der Waals surface area contributed by atoms with Crippen molar-refractivity contribution in [3.05, 3.63) is 23.8 Å². The molecule has 0 bridgehead atoms. The molecule has 88 valence electrons. The molecule has 1 aromatic rings. The van der Waals surface area contributed by atoms with Crippen molar-refractivity contribution in [1.29, 1.82) is 0 Å². The molecule has 0 radical (unpaired) electrons. The zero-order valence-electron chi connectivity index (χ0n) is 9.40. The number of halogens is 1. The molecule has 0 saturated carbocycles. The Morgan fingerprint density at radius 1 is 1.38 bits per heavy atom. The predicted octanol–water partition coefficient (Wildman–Crippen LogP) is 3.28. The summed E-state index contributed by atoms with van der Waals surface area (Å²) in [5, 5.41) is 0. The van der Waals surface area contributed by atoms with Crippen LogP contribution in [-0.2, 0) is 4.74 Å². The summed E-state index contributed by atoms with van der Waals surface area (Å²) in [6.07, 6.45) is 0.0412. The number of benzene rings is 1. The van der Waals surface area contributed by atoms with E-state index in [1.807, 2.05) is 25.1 Å². The van der Waals surface area contributed by atoms with Crippen LogP contribution in [0.15, 0.2) is 18.2 Å². The number of hydrogen-bond acceptors (Lipinski definition) is 3. The molecule has 0 saturated heterocycles. The fraction of sp³-hybridized carbons (Fsp3) is 0.500. The maximum Gasteiger partial charge on any atom is 0.231 e. The number of ether oxygens (including phenoxy) is 3. The van der Waals surface area contributed by atoms with Gasteiger partial charge in [-0.05, 0) is 31.5 Å². The number of alkyl halides is 1. The summed E-state index contributed by atoms with van der Waals surface area (Å²) in [5.74, 6) is 1.61. The first-order chi connectivity index (χ1) is 7.72. The van der Waals surface area contributed by atoms with Crippen molar-refractivity contribution in [2.24, 2.45) is 0 Å². The van der Waals surface area contributed by atoms with Crippen molar-refractivity contribution in [3.63, 3.8) is 0 Å². The van der Waals surface area contributed by atoms with Gasteiger partial charge < -0.3 is 14.2 Å². The third kappa shape index (κ3) is 2.33. The van der Waals surface area contributed by atoms with Crippen LogP contribution in [0.1, 0.15) is 25.5 Å². The Morgan fingerprint density at radius 2 is 2.12 bits per heavy atom. The van der Waals surface area contributed by atoms with Gasteiger partial charge in [-0.2, -0.15) is 0 Å². The van der Waals surface area contributed by atoms with Gasteiger partial charge >= 0.3 is 0 Å². The van der Waals surface area contributed by atoms with Crippen LogP contribution in [0.2, 0.25) is 0 Å². The van der Waals surface area contributed by atoms with Gasteiger partial charge in [0.15, 0.2) is 11.5 Å². The largest absolute Gasteiger partial charge is 0.454 e. The van der Waals surface area contributed by atoms with E-state index in [0.29, 0.717) is 13.4 Å². The van der Waals surface area contributed by atoms with Gasteiger partial charge in [0, 0.05) is 11.4 Å². The van der Waals surface area contributed by atoms with Gasteiger partial charge in [0.1, 0.15) is 0 Å². The molecular formula is C12H15BrO3. The first-order valence-electron chi connectivity index (χ1n) is 5.37. The fourth-order valence-electron chi connectivity index (χ4n) is 1.76.